The number of nitrogens with zero attached hydrogens (tertiary/aromatic N) is 3. The molecule has 1 aliphatic heterocycles. The lowest BCUT2D eigenvalue weighted by Gasteiger charge is -2.35. The van der Waals surface area contributed by atoms with Crippen LogP contribution in [0.15, 0.2) is 47.3 Å². The molecule has 2 aliphatic rings. The Morgan fingerprint density at radius 2 is 1.94 bits per heavy atom. The molecule has 2 aromatic carbocycles. The highest BCUT2D eigenvalue weighted by molar-refractivity contribution is 6.01. The van der Waals surface area contributed by atoms with Gasteiger partial charge in [-0.2, -0.15) is 5.10 Å². The fourth-order valence-corrected chi connectivity index (χ4v) is 4.02. The van der Waals surface area contributed by atoms with Gasteiger partial charge >= 0.3 is 0 Å². The predicted octanol–water partition coefficient (Wildman–Crippen LogP) is 2.50. The third-order valence-electron chi connectivity index (χ3n) is 6.00. The van der Waals surface area contributed by atoms with Crippen molar-refractivity contribution in [3.05, 3.63) is 75.5 Å². The van der Waals surface area contributed by atoms with Crippen LogP contribution in [0, 0.1) is 16.6 Å². The lowest BCUT2D eigenvalue weighted by molar-refractivity contribution is 0.0745. The topological polar surface area (TPSA) is 126 Å². The molecule has 2 fully saturated rings. The summed E-state index contributed by atoms with van der Waals surface area (Å²) in [6, 6.07) is 11.4. The first-order valence-corrected chi connectivity index (χ1v) is 11.0. The molecule has 0 atom stereocenters. The number of amidine groups is 2. The molecule has 1 saturated heterocycles. The van der Waals surface area contributed by atoms with Crippen molar-refractivity contribution >= 4 is 28.5 Å². The molecule has 0 unspecified atom stereocenters. The van der Waals surface area contributed by atoms with Crippen LogP contribution in [0.5, 0.6) is 0 Å². The van der Waals surface area contributed by atoms with Crippen molar-refractivity contribution in [1.29, 1.82) is 10.8 Å². The second-order valence-corrected chi connectivity index (χ2v) is 8.48. The maximum atomic E-state index is 14.6. The van der Waals surface area contributed by atoms with Crippen molar-refractivity contribution in [3.8, 4) is 0 Å². The van der Waals surface area contributed by atoms with Crippen LogP contribution in [-0.4, -0.2) is 63.5 Å². The average Bonchev–Trinajstić information content (AvgIpc) is 3.65. The third-order valence-corrected chi connectivity index (χ3v) is 6.00. The zero-order valence-corrected chi connectivity index (χ0v) is 18.3. The van der Waals surface area contributed by atoms with Gasteiger partial charge in [-0.25, -0.2) is 9.49 Å². The number of hydrogen-bond acceptors (Lipinski definition) is 6. The number of ether oxygens (including phenoxy) is 1. The number of benzene rings is 2. The lowest BCUT2D eigenvalue weighted by Crippen LogP contribution is -2.54. The van der Waals surface area contributed by atoms with E-state index < -0.39 is 11.7 Å². The maximum absolute atomic E-state index is 14.6. The number of aromatic amines is 1. The summed E-state index contributed by atoms with van der Waals surface area (Å²) in [6.07, 6.45) is 2.17. The van der Waals surface area contributed by atoms with Crippen LogP contribution in [0.2, 0.25) is 0 Å². The van der Waals surface area contributed by atoms with E-state index >= 15 is 0 Å². The molecular weight excluding hydrogens is 439 g/mol. The molecule has 5 rings (SSSR count). The molecular formula is C24H23FN6O3. The summed E-state index contributed by atoms with van der Waals surface area (Å²) in [5, 5.41) is 24.1. The summed E-state index contributed by atoms with van der Waals surface area (Å²) in [7, 11) is 0. The SMILES string of the molecule is N=C1CN(C(=O)c2cc(Cc3n[nH]c(=O)c4ccccc34)ccc2F)CCN1C(=N)OC1CC1. The maximum Gasteiger partial charge on any atom is 0.290 e. The predicted molar refractivity (Wildman–Crippen MR) is 124 cm³/mol. The van der Waals surface area contributed by atoms with E-state index in [1.165, 1.54) is 21.9 Å². The zero-order chi connectivity index (χ0) is 23.8. The lowest BCUT2D eigenvalue weighted by atomic mass is 10.0. The van der Waals surface area contributed by atoms with E-state index in [9.17, 15) is 14.0 Å². The molecule has 0 radical (unpaired) electrons. The molecule has 174 valence electrons. The first-order valence-electron chi connectivity index (χ1n) is 11.0. The minimum atomic E-state index is -0.646. The van der Waals surface area contributed by atoms with Gasteiger partial charge in [-0.3, -0.25) is 25.3 Å². The van der Waals surface area contributed by atoms with Gasteiger partial charge in [0.15, 0.2) is 0 Å². The van der Waals surface area contributed by atoms with Crippen molar-refractivity contribution < 1.29 is 13.9 Å². The molecule has 3 N–H and O–H groups in total. The number of H-pyrrole nitrogens is 1. The highest BCUT2D eigenvalue weighted by Crippen LogP contribution is 2.25. The monoisotopic (exact) mass is 462 g/mol. The largest absolute Gasteiger partial charge is 0.462 e. The van der Waals surface area contributed by atoms with Crippen LogP contribution >= 0.6 is 0 Å². The van der Waals surface area contributed by atoms with Gasteiger partial charge in [-0.05, 0) is 36.6 Å². The first-order chi connectivity index (χ1) is 16.4. The highest BCUT2D eigenvalue weighted by Gasteiger charge is 2.32. The van der Waals surface area contributed by atoms with Crippen LogP contribution < -0.4 is 5.56 Å². The number of fused-ring (bicyclic) bond motifs is 1. The molecule has 1 aromatic heterocycles. The van der Waals surface area contributed by atoms with E-state index in [0.717, 1.165) is 12.8 Å². The van der Waals surface area contributed by atoms with Crippen LogP contribution in [0.1, 0.15) is 34.5 Å². The summed E-state index contributed by atoms with van der Waals surface area (Å²) >= 11 is 0. The number of halogens is 1. The van der Waals surface area contributed by atoms with Gasteiger partial charge in [0.05, 0.1) is 23.2 Å². The van der Waals surface area contributed by atoms with E-state index in [4.69, 9.17) is 15.6 Å². The van der Waals surface area contributed by atoms with Crippen molar-refractivity contribution in [2.24, 2.45) is 0 Å². The van der Waals surface area contributed by atoms with Gasteiger partial charge < -0.3 is 9.64 Å². The van der Waals surface area contributed by atoms with Gasteiger partial charge in [0.1, 0.15) is 17.8 Å². The minimum Gasteiger partial charge on any atom is -0.462 e. The summed E-state index contributed by atoms with van der Waals surface area (Å²) in [5.41, 5.74) is 0.913. The smallest absolute Gasteiger partial charge is 0.290 e. The standard InChI is InChI=1S/C24H23FN6O3/c25-19-8-5-14(12-20-16-3-1-2-4-17(16)22(32)29-28-20)11-18(19)23(33)30-9-10-31(21(26)13-30)24(27)34-15-6-7-15/h1-5,8,11,15,26-27H,6-7,9-10,12-13H2,(H,29,32). The Kier molecular flexibility index (Phi) is 5.56. The molecule has 3 aromatic rings. The second-order valence-electron chi connectivity index (χ2n) is 8.48. The minimum absolute atomic E-state index is 0.0367. The Labute approximate surface area is 194 Å². The van der Waals surface area contributed by atoms with Gasteiger partial charge in [0.25, 0.3) is 17.5 Å². The Morgan fingerprint density at radius 1 is 1.18 bits per heavy atom. The number of nitrogens with one attached hydrogen (secondary N) is 3. The van der Waals surface area contributed by atoms with E-state index in [1.807, 2.05) is 6.07 Å². The fourth-order valence-electron chi connectivity index (χ4n) is 4.02. The highest BCUT2D eigenvalue weighted by atomic mass is 19.1. The van der Waals surface area contributed by atoms with E-state index in [0.29, 0.717) is 28.5 Å². The zero-order valence-electron chi connectivity index (χ0n) is 18.3. The average molecular weight is 462 g/mol. The Bertz CT molecular complexity index is 1370. The number of piperazine rings is 1. The fraction of sp³-hybridized carbons (Fsp3) is 0.292. The van der Waals surface area contributed by atoms with Gasteiger partial charge in [0.2, 0.25) is 0 Å². The van der Waals surface area contributed by atoms with Gasteiger partial charge in [0, 0.05) is 24.9 Å². The number of carbonyl (C=O) groups excluding carboxylic acids is 1. The molecule has 0 spiro atoms. The molecule has 1 saturated carbocycles. The molecule has 2 heterocycles. The Hall–Kier alpha value is -4.08. The van der Waals surface area contributed by atoms with E-state index in [1.54, 1.807) is 24.3 Å². The van der Waals surface area contributed by atoms with Crippen LogP contribution in [-0.2, 0) is 11.2 Å². The molecule has 1 amide bonds. The molecule has 10 heteroatoms. The summed E-state index contributed by atoms with van der Waals surface area (Å²) < 4.78 is 20.1. The van der Waals surface area contributed by atoms with Gasteiger partial charge in [-0.15, -0.1) is 0 Å². The Balaban J connectivity index is 1.34. The molecule has 1 aliphatic carbocycles. The number of amides is 1. The summed E-state index contributed by atoms with van der Waals surface area (Å²) in [6.45, 7) is 0.448. The third kappa shape index (κ3) is 4.26. The Morgan fingerprint density at radius 3 is 2.68 bits per heavy atom. The molecule has 0 bridgehead atoms. The normalized spacial score (nSPS) is 16.1. The number of aromatic nitrogens is 2. The second kappa shape index (κ2) is 8.69. The summed E-state index contributed by atoms with van der Waals surface area (Å²) in [4.78, 5) is 28.0. The van der Waals surface area contributed by atoms with Crippen molar-refractivity contribution in [2.75, 3.05) is 19.6 Å². The number of rotatable bonds is 4. The number of carbonyl (C=O) groups is 1. The van der Waals surface area contributed by atoms with Crippen molar-refractivity contribution in [3.63, 3.8) is 0 Å². The first kappa shape index (κ1) is 21.7. The molecule has 9 nitrogen and oxygen atoms in total. The van der Waals surface area contributed by atoms with Crippen molar-refractivity contribution in [2.45, 2.75) is 25.4 Å². The molecule has 34 heavy (non-hydrogen) atoms. The quantitative estimate of drug-likeness (QED) is 0.406. The van der Waals surface area contributed by atoms with E-state index in [-0.39, 0.29) is 48.7 Å². The van der Waals surface area contributed by atoms with Gasteiger partial charge in [-0.1, -0.05) is 24.3 Å². The summed E-state index contributed by atoms with van der Waals surface area (Å²) in [5.74, 6) is -1.10. The van der Waals surface area contributed by atoms with E-state index in [2.05, 4.69) is 10.2 Å². The van der Waals surface area contributed by atoms with Crippen LogP contribution in [0.25, 0.3) is 10.8 Å². The number of hydrogen-bond donors (Lipinski definition) is 3. The van der Waals surface area contributed by atoms with Crippen molar-refractivity contribution in [1.82, 2.24) is 20.0 Å². The van der Waals surface area contributed by atoms with Crippen LogP contribution in [0.3, 0.4) is 0 Å². The van der Waals surface area contributed by atoms with Crippen LogP contribution in [0.4, 0.5) is 4.39 Å².